The van der Waals surface area contributed by atoms with Crippen molar-refractivity contribution in [3.63, 3.8) is 0 Å². The topological polar surface area (TPSA) is 92.3 Å². The number of aliphatic imine (C=N–C) groups is 1. The molecule has 1 aliphatic heterocycles. The normalized spacial score (nSPS) is 17.7. The van der Waals surface area contributed by atoms with Gasteiger partial charge in [0.15, 0.2) is 5.96 Å². The molecule has 9 heteroatoms. The number of benzene rings is 1. The van der Waals surface area contributed by atoms with E-state index in [1.54, 1.807) is 21.3 Å². The van der Waals surface area contributed by atoms with Gasteiger partial charge in [-0.05, 0) is 12.8 Å². The number of anilines is 1. The third-order valence-corrected chi connectivity index (χ3v) is 5.47. The van der Waals surface area contributed by atoms with Crippen LogP contribution < -0.4 is 25.0 Å². The lowest BCUT2D eigenvalue weighted by Gasteiger charge is -2.21. The Bertz CT molecular complexity index is 729. The third kappa shape index (κ3) is 6.82. The molecule has 0 aliphatic carbocycles. The quantitative estimate of drug-likeness (QED) is 0.382. The van der Waals surface area contributed by atoms with Crippen LogP contribution in [0.3, 0.4) is 0 Å². The monoisotopic (exact) mass is 398 g/mol. The minimum absolute atomic E-state index is 0.172. The predicted octanol–water partition coefficient (Wildman–Crippen LogP) is 0.882. The molecule has 1 aliphatic rings. The molecular weight excluding hydrogens is 368 g/mol. The first-order valence-electron chi connectivity index (χ1n) is 8.97. The molecule has 27 heavy (non-hydrogen) atoms. The Kier molecular flexibility index (Phi) is 7.58. The minimum atomic E-state index is -2.93. The summed E-state index contributed by atoms with van der Waals surface area (Å²) in [6.45, 7) is 2.32. The summed E-state index contributed by atoms with van der Waals surface area (Å²) in [5.41, 5.74) is 1.06. The van der Waals surface area contributed by atoms with E-state index in [4.69, 9.17) is 9.47 Å². The summed E-state index contributed by atoms with van der Waals surface area (Å²) < 4.78 is 33.1. The molecule has 1 heterocycles. The van der Waals surface area contributed by atoms with E-state index in [2.05, 4.69) is 20.5 Å². The van der Waals surface area contributed by atoms with Gasteiger partial charge in [-0.3, -0.25) is 4.99 Å². The van der Waals surface area contributed by atoms with Gasteiger partial charge < -0.3 is 25.0 Å². The number of rotatable bonds is 8. The van der Waals surface area contributed by atoms with Crippen molar-refractivity contribution in [3.05, 3.63) is 18.2 Å². The van der Waals surface area contributed by atoms with Gasteiger partial charge in [0, 0.05) is 62.9 Å². The number of hydrogen-bond acceptors (Lipinski definition) is 6. The standard InChI is InChI=1S/C18H30N4O4S/c1-19-18(20-7-5-9-27(4,23)24)21-14-6-8-22(13-14)15-10-16(25-2)12-17(11-15)26-3/h10-12,14H,5-9,13H2,1-4H3,(H2,19,20,21). The SMILES string of the molecule is CN=C(NCCCS(C)(=O)=O)NC1CCN(c2cc(OC)cc(OC)c2)C1. The van der Waals surface area contributed by atoms with Crippen LogP contribution in [-0.4, -0.2) is 73.3 Å². The van der Waals surface area contributed by atoms with Crippen LogP contribution in [0, 0.1) is 0 Å². The average Bonchev–Trinajstić information content (AvgIpc) is 3.11. The molecule has 1 unspecified atom stereocenters. The van der Waals surface area contributed by atoms with Crippen molar-refractivity contribution in [2.24, 2.45) is 4.99 Å². The second kappa shape index (κ2) is 9.68. The van der Waals surface area contributed by atoms with Crippen molar-refractivity contribution in [2.75, 3.05) is 57.8 Å². The second-order valence-corrected chi connectivity index (χ2v) is 8.89. The van der Waals surface area contributed by atoms with E-state index in [-0.39, 0.29) is 11.8 Å². The zero-order valence-electron chi connectivity index (χ0n) is 16.5. The van der Waals surface area contributed by atoms with Crippen LogP contribution in [0.1, 0.15) is 12.8 Å². The zero-order chi connectivity index (χ0) is 19.9. The Labute approximate surface area is 161 Å². The molecule has 0 amide bonds. The van der Waals surface area contributed by atoms with Gasteiger partial charge in [0.1, 0.15) is 21.3 Å². The molecule has 152 valence electrons. The average molecular weight is 399 g/mol. The molecule has 0 saturated carbocycles. The number of nitrogens with one attached hydrogen (secondary N) is 2. The van der Waals surface area contributed by atoms with Crippen molar-refractivity contribution in [3.8, 4) is 11.5 Å². The molecule has 1 aromatic carbocycles. The highest BCUT2D eigenvalue weighted by Crippen LogP contribution is 2.30. The summed E-state index contributed by atoms with van der Waals surface area (Å²) in [6, 6.07) is 6.12. The second-order valence-electron chi connectivity index (χ2n) is 6.63. The molecule has 1 atom stereocenters. The van der Waals surface area contributed by atoms with Crippen LogP contribution in [0.15, 0.2) is 23.2 Å². The fourth-order valence-corrected chi connectivity index (χ4v) is 3.69. The Morgan fingerprint density at radius 2 is 1.93 bits per heavy atom. The Morgan fingerprint density at radius 1 is 1.26 bits per heavy atom. The Hall–Kier alpha value is -2.16. The number of guanidine groups is 1. The summed E-state index contributed by atoms with van der Waals surface area (Å²) in [6.07, 6.45) is 2.78. The van der Waals surface area contributed by atoms with E-state index in [9.17, 15) is 8.42 Å². The number of hydrogen-bond donors (Lipinski definition) is 2. The van der Waals surface area contributed by atoms with Gasteiger partial charge in [0.25, 0.3) is 0 Å². The summed E-state index contributed by atoms with van der Waals surface area (Å²) in [5.74, 6) is 2.40. The number of nitrogens with zero attached hydrogens (tertiary/aromatic N) is 2. The highest BCUT2D eigenvalue weighted by Gasteiger charge is 2.24. The highest BCUT2D eigenvalue weighted by molar-refractivity contribution is 7.90. The van der Waals surface area contributed by atoms with Crippen molar-refractivity contribution in [1.82, 2.24) is 10.6 Å². The largest absolute Gasteiger partial charge is 0.497 e. The maximum atomic E-state index is 11.2. The van der Waals surface area contributed by atoms with Gasteiger partial charge in [0.05, 0.1) is 20.0 Å². The predicted molar refractivity (Wildman–Crippen MR) is 109 cm³/mol. The van der Waals surface area contributed by atoms with E-state index in [1.165, 1.54) is 6.26 Å². The number of sulfone groups is 1. The van der Waals surface area contributed by atoms with Crippen molar-refractivity contribution < 1.29 is 17.9 Å². The van der Waals surface area contributed by atoms with Crippen molar-refractivity contribution in [1.29, 1.82) is 0 Å². The smallest absolute Gasteiger partial charge is 0.191 e. The molecular formula is C18H30N4O4S. The summed E-state index contributed by atoms with van der Waals surface area (Å²) in [4.78, 5) is 6.50. The third-order valence-electron chi connectivity index (χ3n) is 4.44. The van der Waals surface area contributed by atoms with E-state index >= 15 is 0 Å². The Morgan fingerprint density at radius 3 is 2.48 bits per heavy atom. The van der Waals surface area contributed by atoms with E-state index in [0.29, 0.717) is 18.9 Å². The van der Waals surface area contributed by atoms with Crippen LogP contribution in [0.4, 0.5) is 5.69 Å². The number of methoxy groups -OCH3 is 2. The molecule has 0 radical (unpaired) electrons. The summed E-state index contributed by atoms with van der Waals surface area (Å²) >= 11 is 0. The van der Waals surface area contributed by atoms with Gasteiger partial charge in [-0.25, -0.2) is 8.42 Å². The first-order chi connectivity index (χ1) is 12.8. The van der Waals surface area contributed by atoms with Crippen LogP contribution in [0.5, 0.6) is 11.5 Å². The lowest BCUT2D eigenvalue weighted by molar-refractivity contribution is 0.394. The van der Waals surface area contributed by atoms with Gasteiger partial charge in [-0.2, -0.15) is 0 Å². The van der Waals surface area contributed by atoms with Crippen LogP contribution in [0.25, 0.3) is 0 Å². The molecule has 2 rings (SSSR count). The van der Waals surface area contributed by atoms with Gasteiger partial charge in [0.2, 0.25) is 0 Å². The fourth-order valence-electron chi connectivity index (χ4n) is 3.02. The van der Waals surface area contributed by atoms with Crippen LogP contribution in [0.2, 0.25) is 0 Å². The summed E-state index contributed by atoms with van der Waals surface area (Å²) in [5, 5.41) is 6.58. The minimum Gasteiger partial charge on any atom is -0.497 e. The molecule has 2 N–H and O–H groups in total. The summed E-state index contributed by atoms with van der Waals surface area (Å²) in [7, 11) is 2.08. The molecule has 1 saturated heterocycles. The van der Waals surface area contributed by atoms with E-state index in [0.717, 1.165) is 36.7 Å². The van der Waals surface area contributed by atoms with Gasteiger partial charge in [-0.15, -0.1) is 0 Å². The van der Waals surface area contributed by atoms with Crippen molar-refractivity contribution >= 4 is 21.5 Å². The molecule has 1 aromatic rings. The first kappa shape index (κ1) is 21.1. The number of ether oxygens (including phenoxy) is 2. The molecule has 8 nitrogen and oxygen atoms in total. The Balaban J connectivity index is 1.88. The fraction of sp³-hybridized carbons (Fsp3) is 0.611. The van der Waals surface area contributed by atoms with E-state index in [1.807, 2.05) is 18.2 Å². The first-order valence-corrected chi connectivity index (χ1v) is 11.0. The lowest BCUT2D eigenvalue weighted by atomic mass is 10.2. The van der Waals surface area contributed by atoms with Crippen LogP contribution in [-0.2, 0) is 9.84 Å². The van der Waals surface area contributed by atoms with Crippen molar-refractivity contribution in [2.45, 2.75) is 18.9 Å². The van der Waals surface area contributed by atoms with Crippen LogP contribution >= 0.6 is 0 Å². The molecule has 1 fully saturated rings. The maximum Gasteiger partial charge on any atom is 0.191 e. The highest BCUT2D eigenvalue weighted by atomic mass is 32.2. The molecule has 0 bridgehead atoms. The molecule has 0 spiro atoms. The van der Waals surface area contributed by atoms with Gasteiger partial charge in [-0.1, -0.05) is 0 Å². The maximum absolute atomic E-state index is 11.2. The lowest BCUT2D eigenvalue weighted by Crippen LogP contribution is -2.45. The zero-order valence-corrected chi connectivity index (χ0v) is 17.3. The van der Waals surface area contributed by atoms with E-state index < -0.39 is 9.84 Å². The molecule has 0 aromatic heterocycles. The van der Waals surface area contributed by atoms with Gasteiger partial charge >= 0.3 is 0 Å².